The van der Waals surface area contributed by atoms with Crippen LogP contribution in [0.2, 0.25) is 0 Å². The molecule has 0 aliphatic rings. The van der Waals surface area contributed by atoms with E-state index in [2.05, 4.69) is 30.6 Å². The first-order chi connectivity index (χ1) is 17.4. The number of aromatic nitrogens is 8. The zero-order valence-corrected chi connectivity index (χ0v) is 19.5. The fourth-order valence-corrected chi connectivity index (χ4v) is 4.25. The van der Waals surface area contributed by atoms with Gasteiger partial charge in [0.2, 0.25) is 0 Å². The number of nitrogens with zero attached hydrogens (tertiary/aromatic N) is 8. The zero-order valence-electron chi connectivity index (χ0n) is 18.7. The van der Waals surface area contributed by atoms with Crippen LogP contribution in [0.15, 0.2) is 76.0 Å². The largest absolute Gasteiger partial charge is 0.496 e. The maximum atomic E-state index is 14.6. The number of para-hydroxylation sites is 1. The van der Waals surface area contributed by atoms with Gasteiger partial charge in [-0.1, -0.05) is 23.4 Å². The quantitative estimate of drug-likeness (QED) is 0.315. The van der Waals surface area contributed by atoms with Crippen LogP contribution in [-0.2, 0) is 18.7 Å². The molecular weight excluding hydrogens is 494 g/mol. The van der Waals surface area contributed by atoms with E-state index in [4.69, 9.17) is 9.15 Å². The SMILES string of the molecule is COc1ccccc1-c1nnc(Sc2cn(CC(O)(Cn3cncn3)c3ccc(F)cc3F)nn2)o1. The van der Waals surface area contributed by atoms with Crippen molar-refractivity contribution in [1.29, 1.82) is 0 Å². The Hall–Kier alpha value is -4.17. The Labute approximate surface area is 206 Å². The Bertz CT molecular complexity index is 1480. The summed E-state index contributed by atoms with van der Waals surface area (Å²) in [7, 11) is 1.55. The van der Waals surface area contributed by atoms with Crippen LogP contribution in [0, 0.1) is 11.6 Å². The summed E-state index contributed by atoms with van der Waals surface area (Å²) in [6, 6.07) is 10.2. The van der Waals surface area contributed by atoms with Gasteiger partial charge in [0.15, 0.2) is 0 Å². The van der Waals surface area contributed by atoms with Gasteiger partial charge >= 0.3 is 0 Å². The number of ether oxygens (including phenoxy) is 1. The molecule has 0 amide bonds. The van der Waals surface area contributed by atoms with Crippen LogP contribution in [0.5, 0.6) is 5.75 Å². The minimum absolute atomic E-state index is 0.123. The predicted octanol–water partition coefficient (Wildman–Crippen LogP) is 2.95. The van der Waals surface area contributed by atoms with Gasteiger partial charge in [-0.25, -0.2) is 23.1 Å². The van der Waals surface area contributed by atoms with Gasteiger partial charge in [-0.15, -0.1) is 15.3 Å². The molecule has 14 heteroatoms. The van der Waals surface area contributed by atoms with E-state index in [0.717, 1.165) is 17.8 Å². The Morgan fingerprint density at radius 3 is 2.69 bits per heavy atom. The lowest BCUT2D eigenvalue weighted by atomic mass is 9.93. The molecule has 3 aromatic heterocycles. The number of halogens is 2. The van der Waals surface area contributed by atoms with E-state index in [1.807, 2.05) is 12.1 Å². The average molecular weight is 513 g/mol. The molecule has 184 valence electrons. The van der Waals surface area contributed by atoms with Crippen LogP contribution in [-0.4, -0.2) is 52.2 Å². The molecular formula is C22H18F2N8O3S. The van der Waals surface area contributed by atoms with E-state index >= 15 is 0 Å². The molecule has 0 aliphatic carbocycles. The first-order valence-electron chi connectivity index (χ1n) is 10.5. The van der Waals surface area contributed by atoms with E-state index in [1.165, 1.54) is 34.3 Å². The highest BCUT2D eigenvalue weighted by molar-refractivity contribution is 7.99. The average Bonchev–Trinajstić information content (AvgIpc) is 3.62. The zero-order chi connectivity index (χ0) is 25.1. The van der Waals surface area contributed by atoms with E-state index in [-0.39, 0.29) is 29.8 Å². The van der Waals surface area contributed by atoms with Crippen molar-refractivity contribution >= 4 is 11.8 Å². The highest BCUT2D eigenvalue weighted by atomic mass is 32.2. The molecule has 3 heterocycles. The molecule has 1 unspecified atom stereocenters. The number of methoxy groups -OCH3 is 1. The van der Waals surface area contributed by atoms with Crippen molar-refractivity contribution in [3.05, 3.63) is 78.5 Å². The summed E-state index contributed by atoms with van der Waals surface area (Å²) in [5.41, 5.74) is -1.33. The number of benzene rings is 2. The molecule has 2 aromatic carbocycles. The summed E-state index contributed by atoms with van der Waals surface area (Å²) < 4.78 is 41.9. The molecule has 5 rings (SSSR count). The third-order valence-electron chi connectivity index (χ3n) is 5.20. The Morgan fingerprint density at radius 1 is 1.08 bits per heavy atom. The van der Waals surface area contributed by atoms with Crippen molar-refractivity contribution in [1.82, 2.24) is 40.0 Å². The molecule has 36 heavy (non-hydrogen) atoms. The van der Waals surface area contributed by atoms with E-state index in [0.29, 0.717) is 22.4 Å². The van der Waals surface area contributed by atoms with Gasteiger partial charge in [-0.2, -0.15) is 5.10 Å². The van der Waals surface area contributed by atoms with Crippen molar-refractivity contribution in [2.75, 3.05) is 7.11 Å². The fourth-order valence-electron chi connectivity index (χ4n) is 3.61. The number of hydrogen-bond acceptors (Lipinski definition) is 10. The lowest BCUT2D eigenvalue weighted by Gasteiger charge is -2.28. The van der Waals surface area contributed by atoms with Crippen molar-refractivity contribution in [2.24, 2.45) is 0 Å². The van der Waals surface area contributed by atoms with Crippen molar-refractivity contribution in [2.45, 2.75) is 28.9 Å². The molecule has 5 aromatic rings. The summed E-state index contributed by atoms with van der Waals surface area (Å²) in [4.78, 5) is 3.85. The van der Waals surface area contributed by atoms with Crippen LogP contribution in [0.1, 0.15) is 5.56 Å². The van der Waals surface area contributed by atoms with Gasteiger partial charge in [0, 0.05) is 11.6 Å². The summed E-state index contributed by atoms with van der Waals surface area (Å²) in [5.74, 6) is -0.799. The molecule has 1 atom stereocenters. The Morgan fingerprint density at radius 2 is 1.92 bits per heavy atom. The molecule has 1 N–H and O–H groups in total. The second-order valence-electron chi connectivity index (χ2n) is 7.68. The molecule has 0 radical (unpaired) electrons. The van der Waals surface area contributed by atoms with E-state index in [9.17, 15) is 13.9 Å². The maximum absolute atomic E-state index is 14.6. The topological polar surface area (TPSA) is 130 Å². The van der Waals surface area contributed by atoms with Crippen molar-refractivity contribution in [3.8, 4) is 17.2 Å². The predicted molar refractivity (Wildman–Crippen MR) is 121 cm³/mol. The summed E-state index contributed by atoms with van der Waals surface area (Å²) >= 11 is 1.06. The second-order valence-corrected chi connectivity index (χ2v) is 8.65. The first kappa shape index (κ1) is 23.6. The number of aliphatic hydroxyl groups is 1. The number of rotatable bonds is 9. The monoisotopic (exact) mass is 512 g/mol. The van der Waals surface area contributed by atoms with Crippen molar-refractivity contribution < 1.29 is 23.0 Å². The minimum Gasteiger partial charge on any atom is -0.496 e. The number of hydrogen-bond donors (Lipinski definition) is 1. The highest BCUT2D eigenvalue weighted by Crippen LogP contribution is 2.33. The fraction of sp³-hybridized carbons (Fsp3) is 0.182. The summed E-state index contributed by atoms with van der Waals surface area (Å²) in [5, 5.41) is 32.2. The molecule has 11 nitrogen and oxygen atoms in total. The lowest BCUT2D eigenvalue weighted by Crippen LogP contribution is -2.37. The Balaban J connectivity index is 1.37. The van der Waals surface area contributed by atoms with Crippen LogP contribution in [0.4, 0.5) is 8.78 Å². The summed E-state index contributed by atoms with van der Waals surface area (Å²) in [6.07, 6.45) is 4.20. The molecule has 0 fully saturated rings. The Kier molecular flexibility index (Phi) is 6.43. The van der Waals surface area contributed by atoms with Gasteiger partial charge < -0.3 is 14.3 Å². The second kappa shape index (κ2) is 9.83. The maximum Gasteiger partial charge on any atom is 0.283 e. The minimum atomic E-state index is -1.84. The third-order valence-corrected chi connectivity index (χ3v) is 5.94. The lowest BCUT2D eigenvalue weighted by molar-refractivity contribution is -0.00893. The van der Waals surface area contributed by atoms with Gasteiger partial charge in [0.1, 0.15) is 40.7 Å². The van der Waals surface area contributed by atoms with Crippen LogP contribution in [0.3, 0.4) is 0 Å². The normalized spacial score (nSPS) is 13.0. The molecule has 0 aliphatic heterocycles. The van der Waals surface area contributed by atoms with Crippen molar-refractivity contribution in [3.63, 3.8) is 0 Å². The first-order valence-corrected chi connectivity index (χ1v) is 11.3. The van der Waals surface area contributed by atoms with E-state index in [1.54, 1.807) is 19.2 Å². The molecule has 0 bridgehead atoms. The van der Waals surface area contributed by atoms with E-state index < -0.39 is 17.2 Å². The van der Waals surface area contributed by atoms with Gasteiger partial charge in [-0.3, -0.25) is 0 Å². The highest BCUT2D eigenvalue weighted by Gasteiger charge is 2.35. The van der Waals surface area contributed by atoms with Gasteiger partial charge in [0.05, 0.1) is 32.0 Å². The molecule has 0 spiro atoms. The van der Waals surface area contributed by atoms with Crippen LogP contribution < -0.4 is 4.74 Å². The molecule has 0 saturated heterocycles. The van der Waals surface area contributed by atoms with Gasteiger partial charge in [0.25, 0.3) is 11.1 Å². The van der Waals surface area contributed by atoms with Crippen LogP contribution in [0.25, 0.3) is 11.5 Å². The standard InChI is InChI=1S/C22H18F2N8O3S/c1-34-18-5-3-2-4-15(18)20-28-29-21(35-20)36-19-9-31(30-27-19)10-22(33,11-32-13-25-12-26-32)16-7-6-14(23)8-17(16)24/h2-9,12-13,33H,10-11H2,1H3. The third kappa shape index (κ3) is 4.94. The summed E-state index contributed by atoms with van der Waals surface area (Å²) in [6.45, 7) is -0.372. The smallest absolute Gasteiger partial charge is 0.283 e. The van der Waals surface area contributed by atoms with Crippen LogP contribution >= 0.6 is 11.8 Å². The van der Waals surface area contributed by atoms with Gasteiger partial charge in [-0.05, 0) is 30.0 Å². The molecule has 0 saturated carbocycles.